The van der Waals surface area contributed by atoms with Gasteiger partial charge in [-0.2, -0.15) is 0 Å². The first kappa shape index (κ1) is 22.5. The van der Waals surface area contributed by atoms with Gasteiger partial charge in [-0.25, -0.2) is 0 Å². The fourth-order valence-corrected chi connectivity index (χ4v) is 4.47. The summed E-state index contributed by atoms with van der Waals surface area (Å²) in [5.74, 6) is 0.566. The molecule has 0 aromatic heterocycles. The highest BCUT2D eigenvalue weighted by molar-refractivity contribution is 8.24. The van der Waals surface area contributed by atoms with Gasteiger partial charge in [-0.3, -0.25) is 13.9 Å². The number of hydrogen-bond donors (Lipinski definition) is 2. The molecule has 6 N–H and O–H groups in total. The van der Waals surface area contributed by atoms with Crippen molar-refractivity contribution in [3.63, 3.8) is 0 Å². The lowest BCUT2D eigenvalue weighted by Gasteiger charge is -2.26. The topological polar surface area (TPSA) is 108 Å². The van der Waals surface area contributed by atoms with Gasteiger partial charge in [-0.15, -0.1) is 0 Å². The van der Waals surface area contributed by atoms with E-state index in [2.05, 4.69) is 5.32 Å². The van der Waals surface area contributed by atoms with Gasteiger partial charge in [0.1, 0.15) is 5.75 Å². The lowest BCUT2D eigenvalue weighted by atomic mass is 10.0. The predicted molar refractivity (Wildman–Crippen MR) is 126 cm³/mol. The number of carbonyl (C=O) groups is 1. The number of carbonyl (C=O) groups excluding carboxylic acids is 1. The van der Waals surface area contributed by atoms with Gasteiger partial charge in [0.2, 0.25) is 0 Å². The molecule has 0 unspecified atom stereocenters. The lowest BCUT2D eigenvalue weighted by molar-refractivity contribution is 0.0827. The van der Waals surface area contributed by atoms with Crippen LogP contribution in [0.1, 0.15) is 10.4 Å². The van der Waals surface area contributed by atoms with Crippen molar-refractivity contribution < 1.29 is 23.7 Å². The van der Waals surface area contributed by atoms with Crippen molar-refractivity contribution >= 4 is 22.2 Å². The Morgan fingerprint density at radius 2 is 1.74 bits per heavy atom. The van der Waals surface area contributed by atoms with Gasteiger partial charge < -0.3 is 20.1 Å². The molecule has 8 heteroatoms. The van der Waals surface area contributed by atoms with E-state index in [0.29, 0.717) is 21.9 Å². The highest BCUT2D eigenvalue weighted by Crippen LogP contribution is 2.53. The molecule has 164 valence electrons. The Hall–Kier alpha value is -3.20. The van der Waals surface area contributed by atoms with Crippen molar-refractivity contribution in [2.75, 3.05) is 32.4 Å². The number of phenols is 1. The van der Waals surface area contributed by atoms with Crippen LogP contribution in [-0.2, 0) is 0 Å². The molecule has 0 fully saturated rings. The van der Waals surface area contributed by atoms with Crippen molar-refractivity contribution in [3.05, 3.63) is 72.3 Å². The zero-order valence-electron chi connectivity index (χ0n) is 17.7. The highest BCUT2D eigenvalue weighted by Gasteiger charge is 2.29. The van der Waals surface area contributed by atoms with Gasteiger partial charge in [0.15, 0.2) is 16.5 Å². The number of benzene rings is 3. The summed E-state index contributed by atoms with van der Waals surface area (Å²) in [5, 5.41) is 12.7. The van der Waals surface area contributed by atoms with Crippen molar-refractivity contribution in [1.82, 2.24) is 4.90 Å². The Bertz CT molecular complexity index is 1090. The van der Waals surface area contributed by atoms with Crippen molar-refractivity contribution in [1.29, 1.82) is 0 Å². The van der Waals surface area contributed by atoms with Crippen molar-refractivity contribution in [3.8, 4) is 22.6 Å². The van der Waals surface area contributed by atoms with Crippen LogP contribution in [0.4, 0.5) is 5.69 Å². The lowest BCUT2D eigenvalue weighted by Crippen LogP contribution is -2.21. The molecule has 0 aliphatic carbocycles. The van der Waals surface area contributed by atoms with Crippen LogP contribution in [0.25, 0.3) is 11.1 Å². The average Bonchev–Trinajstić information content (AvgIpc) is 2.77. The maximum atomic E-state index is 12.3. The fourth-order valence-electron chi connectivity index (χ4n) is 3.10. The van der Waals surface area contributed by atoms with E-state index in [-0.39, 0.29) is 17.5 Å². The van der Waals surface area contributed by atoms with Crippen LogP contribution < -0.4 is 10.1 Å². The summed E-state index contributed by atoms with van der Waals surface area (Å²) in [5.41, 5.74) is 2.84. The van der Waals surface area contributed by atoms with E-state index in [1.807, 2.05) is 24.3 Å². The van der Waals surface area contributed by atoms with Gasteiger partial charge >= 0.3 is 0 Å². The van der Waals surface area contributed by atoms with E-state index in [1.54, 1.807) is 56.6 Å². The molecule has 31 heavy (non-hydrogen) atoms. The number of hydrogen-bond acceptors (Lipinski definition) is 4. The van der Waals surface area contributed by atoms with Crippen LogP contribution in [-0.4, -0.2) is 52.1 Å². The van der Waals surface area contributed by atoms with Gasteiger partial charge in [-0.05, 0) is 47.5 Å². The van der Waals surface area contributed by atoms with E-state index >= 15 is 0 Å². The molecule has 0 saturated carbocycles. The van der Waals surface area contributed by atoms with Crippen molar-refractivity contribution in [2.24, 2.45) is 0 Å². The molecule has 0 aliphatic rings. The Kier molecular flexibility index (Phi) is 6.74. The van der Waals surface area contributed by atoms with Gasteiger partial charge in [0.05, 0.1) is 7.11 Å². The highest BCUT2D eigenvalue weighted by atomic mass is 32.3. The third-order valence-electron chi connectivity index (χ3n) is 4.73. The Morgan fingerprint density at radius 1 is 1.03 bits per heavy atom. The first-order valence-electron chi connectivity index (χ1n) is 9.54. The normalized spacial score (nSPS) is 11.6. The number of anilines is 1. The van der Waals surface area contributed by atoms with Gasteiger partial charge in [-0.1, -0.05) is 24.3 Å². The zero-order valence-corrected chi connectivity index (χ0v) is 18.5. The Balaban J connectivity index is 1.93. The summed E-state index contributed by atoms with van der Waals surface area (Å²) in [6.07, 6.45) is 0. The largest absolute Gasteiger partial charge is 0.508 e. The summed E-state index contributed by atoms with van der Waals surface area (Å²) in [7, 11) is 2.16. The van der Waals surface area contributed by atoms with Crippen LogP contribution >= 0.6 is 10.6 Å². The maximum absolute atomic E-state index is 12.3. The Morgan fingerprint density at radius 3 is 2.42 bits per heavy atom. The second-order valence-corrected chi connectivity index (χ2v) is 9.46. The average molecular weight is 445 g/mol. The smallest absolute Gasteiger partial charge is 0.253 e. The summed E-state index contributed by atoms with van der Waals surface area (Å²) in [6.45, 7) is 0. The first-order chi connectivity index (χ1) is 14.7. The number of rotatable bonds is 7. The van der Waals surface area contributed by atoms with Gasteiger partial charge in [0.25, 0.3) is 5.91 Å². The molecule has 0 saturated heterocycles. The molecule has 3 rings (SSSR count). The number of methoxy groups -OCH3 is 1. The molecular formula is C23H28N2O5S+2. The third kappa shape index (κ3) is 5.29. The zero-order chi connectivity index (χ0) is 22.6. The van der Waals surface area contributed by atoms with E-state index in [0.717, 1.165) is 11.1 Å². The summed E-state index contributed by atoms with van der Waals surface area (Å²) < 4.78 is 22.9. The Labute approximate surface area is 183 Å². The second kappa shape index (κ2) is 9.30. The van der Waals surface area contributed by atoms with Crippen LogP contribution in [0.15, 0.2) is 71.6 Å². The first-order valence-corrected chi connectivity index (χ1v) is 11.3. The molecule has 0 bridgehead atoms. The molecule has 3 aromatic rings. The van der Waals surface area contributed by atoms with E-state index in [9.17, 15) is 9.90 Å². The van der Waals surface area contributed by atoms with Crippen LogP contribution in [0.5, 0.6) is 11.5 Å². The molecule has 0 radical (unpaired) electrons. The van der Waals surface area contributed by atoms with Gasteiger partial charge in [0, 0.05) is 42.0 Å². The minimum absolute atomic E-state index is 0.0649. The quantitative estimate of drug-likeness (QED) is 0.545. The molecule has 0 atom stereocenters. The number of aromatic hydroxyl groups is 1. The molecule has 7 nitrogen and oxygen atoms in total. The molecule has 0 aliphatic heterocycles. The summed E-state index contributed by atoms with van der Waals surface area (Å²) in [6, 6.07) is 19.3. The molecular weight excluding hydrogens is 416 g/mol. The fraction of sp³-hybridized carbons (Fsp3) is 0.174. The number of nitrogens with one attached hydrogen (secondary N) is 1. The van der Waals surface area contributed by atoms with E-state index < -0.39 is 10.6 Å². The molecule has 3 aromatic carbocycles. The minimum atomic E-state index is -2.78. The minimum Gasteiger partial charge on any atom is -0.508 e. The number of amides is 1. The summed E-state index contributed by atoms with van der Waals surface area (Å²) in [4.78, 5) is 14.3. The summed E-state index contributed by atoms with van der Waals surface area (Å²) >= 11 is 0. The number of phenolic OH excluding ortho intramolecular Hbond substituents is 1. The van der Waals surface area contributed by atoms with E-state index in [4.69, 9.17) is 13.8 Å². The molecule has 0 heterocycles. The third-order valence-corrected chi connectivity index (χ3v) is 6.37. The monoisotopic (exact) mass is 444 g/mol. The van der Waals surface area contributed by atoms with Crippen molar-refractivity contribution in [2.45, 2.75) is 4.90 Å². The molecule has 1 amide bonds. The molecule has 0 spiro atoms. The van der Waals surface area contributed by atoms with Crippen LogP contribution in [0, 0.1) is 0 Å². The standard InChI is InChI=1S/C23H26N2O5S/c1-25(2)23(27)18-7-4-6-16(12-18)17-10-11-21(30-3)22(13-17)31(28,29)15-24-19-8-5-9-20(26)14-19/h4-14,24,26,28-29H,15H2,1-3H3/p+2. The number of nitrogens with zero attached hydrogens (tertiary/aromatic N) is 1. The van der Waals surface area contributed by atoms with Crippen LogP contribution in [0.3, 0.4) is 0 Å². The number of ether oxygens (including phenoxy) is 1. The predicted octanol–water partition coefficient (Wildman–Crippen LogP) is 3.28. The second-order valence-electron chi connectivity index (χ2n) is 7.26. The SMILES string of the molecule is COc1ccc(-c2cccc(C(=O)N(C)C)c2)cc1S([OH2+])([OH2+])CNc1cccc(O)c1. The van der Waals surface area contributed by atoms with E-state index in [1.165, 1.54) is 12.0 Å². The maximum Gasteiger partial charge on any atom is 0.253 e. The van der Waals surface area contributed by atoms with Crippen LogP contribution in [0.2, 0.25) is 0 Å².